The Morgan fingerprint density at radius 2 is 2.07 bits per heavy atom. The van der Waals surface area contributed by atoms with Crippen LogP contribution in [-0.2, 0) is 0 Å². The molecule has 0 saturated carbocycles. The minimum absolute atomic E-state index is 0.817. The first-order valence-corrected chi connectivity index (χ1v) is 6.21. The van der Waals surface area contributed by atoms with Crippen molar-refractivity contribution in [3.8, 4) is 0 Å². The Kier molecular flexibility index (Phi) is 4.76. The highest BCUT2D eigenvalue weighted by atomic mass is 79.9. The van der Waals surface area contributed by atoms with Crippen LogP contribution in [0.4, 0.5) is 5.69 Å². The van der Waals surface area contributed by atoms with Gasteiger partial charge in [-0.2, -0.15) is 0 Å². The van der Waals surface area contributed by atoms with Crippen molar-refractivity contribution in [3.05, 3.63) is 28.3 Å². The van der Waals surface area contributed by atoms with Crippen molar-refractivity contribution in [2.24, 2.45) is 0 Å². The first kappa shape index (κ1) is 11.9. The Balaban J connectivity index is 2.75. The maximum Gasteiger partial charge on any atom is 0.0642 e. The van der Waals surface area contributed by atoms with Crippen molar-refractivity contribution in [2.45, 2.75) is 20.3 Å². The highest BCUT2D eigenvalue weighted by molar-refractivity contribution is 9.09. The second kappa shape index (κ2) is 5.62. The van der Waals surface area contributed by atoms with Gasteiger partial charge in [-0.3, -0.25) is 0 Å². The molecule has 0 fully saturated rings. The summed E-state index contributed by atoms with van der Waals surface area (Å²) in [5.74, 6) is 0. The van der Waals surface area contributed by atoms with Gasteiger partial charge in [-0.05, 0) is 37.5 Å². The Bertz CT molecular complexity index is 289. The Labute approximate surface area is 99.0 Å². The summed E-state index contributed by atoms with van der Waals surface area (Å²) in [6, 6.07) is 4.13. The molecule has 0 aliphatic rings. The predicted molar refractivity (Wildman–Crippen MR) is 67.8 cm³/mol. The zero-order valence-corrected chi connectivity index (χ0v) is 10.9. The van der Waals surface area contributed by atoms with E-state index < -0.39 is 0 Å². The van der Waals surface area contributed by atoms with Gasteiger partial charge in [-0.25, -0.2) is 0 Å². The molecule has 14 heavy (non-hydrogen) atoms. The molecule has 0 atom stereocenters. The van der Waals surface area contributed by atoms with Crippen LogP contribution in [-0.4, -0.2) is 11.9 Å². The SMILES string of the molecule is Cc1cc(C)c(NCCCBr)c(Cl)c1. The molecule has 1 N–H and O–H groups in total. The largest absolute Gasteiger partial charge is 0.384 e. The second-order valence-electron chi connectivity index (χ2n) is 3.41. The second-order valence-corrected chi connectivity index (χ2v) is 4.61. The summed E-state index contributed by atoms with van der Waals surface area (Å²) in [5, 5.41) is 5.18. The number of hydrogen-bond donors (Lipinski definition) is 1. The maximum absolute atomic E-state index is 6.14. The average Bonchev–Trinajstić information content (AvgIpc) is 2.09. The summed E-state index contributed by atoms with van der Waals surface area (Å²) in [7, 11) is 0. The van der Waals surface area contributed by atoms with E-state index in [1.54, 1.807) is 0 Å². The lowest BCUT2D eigenvalue weighted by atomic mass is 10.1. The number of benzene rings is 1. The van der Waals surface area contributed by atoms with Gasteiger partial charge < -0.3 is 5.32 Å². The van der Waals surface area contributed by atoms with E-state index in [4.69, 9.17) is 11.6 Å². The van der Waals surface area contributed by atoms with Gasteiger partial charge in [-0.1, -0.05) is 33.6 Å². The van der Waals surface area contributed by atoms with Crippen LogP contribution in [0.1, 0.15) is 17.5 Å². The number of rotatable bonds is 4. The summed E-state index contributed by atoms with van der Waals surface area (Å²) in [5.41, 5.74) is 3.49. The van der Waals surface area contributed by atoms with Gasteiger partial charge in [-0.15, -0.1) is 0 Å². The summed E-state index contributed by atoms with van der Waals surface area (Å²) in [6.45, 7) is 5.09. The lowest BCUT2D eigenvalue weighted by Gasteiger charge is -2.11. The molecule has 0 aliphatic heterocycles. The molecule has 0 amide bonds. The van der Waals surface area contributed by atoms with E-state index in [9.17, 15) is 0 Å². The van der Waals surface area contributed by atoms with Crippen LogP contribution in [0.3, 0.4) is 0 Å². The molecule has 0 aromatic heterocycles. The minimum Gasteiger partial charge on any atom is -0.384 e. The molecule has 1 aromatic rings. The molecule has 1 nitrogen and oxygen atoms in total. The molecule has 0 aliphatic carbocycles. The van der Waals surface area contributed by atoms with E-state index in [0.717, 1.165) is 29.0 Å². The van der Waals surface area contributed by atoms with E-state index in [1.807, 2.05) is 6.07 Å². The number of alkyl halides is 1. The molecule has 0 saturated heterocycles. The number of aryl methyl sites for hydroxylation is 2. The predicted octanol–water partition coefficient (Wildman–Crippen LogP) is 4.15. The lowest BCUT2D eigenvalue weighted by molar-refractivity contribution is 0.996. The fraction of sp³-hybridized carbons (Fsp3) is 0.455. The van der Waals surface area contributed by atoms with Crippen molar-refractivity contribution >= 4 is 33.2 Å². The van der Waals surface area contributed by atoms with Crippen LogP contribution in [0.2, 0.25) is 5.02 Å². The van der Waals surface area contributed by atoms with Crippen molar-refractivity contribution in [3.63, 3.8) is 0 Å². The van der Waals surface area contributed by atoms with Gasteiger partial charge in [0.15, 0.2) is 0 Å². The highest BCUT2D eigenvalue weighted by Gasteiger charge is 2.03. The third kappa shape index (κ3) is 3.18. The van der Waals surface area contributed by atoms with Gasteiger partial charge in [0.05, 0.1) is 10.7 Å². The van der Waals surface area contributed by atoms with Crippen molar-refractivity contribution in [2.75, 3.05) is 17.2 Å². The highest BCUT2D eigenvalue weighted by Crippen LogP contribution is 2.27. The van der Waals surface area contributed by atoms with Crippen molar-refractivity contribution in [1.82, 2.24) is 0 Å². The monoisotopic (exact) mass is 275 g/mol. The Morgan fingerprint density at radius 1 is 1.36 bits per heavy atom. The van der Waals surface area contributed by atoms with Gasteiger partial charge in [0.2, 0.25) is 0 Å². The molecule has 0 radical (unpaired) electrons. The molecule has 0 heterocycles. The molecule has 0 unspecified atom stereocenters. The lowest BCUT2D eigenvalue weighted by Crippen LogP contribution is -2.04. The Morgan fingerprint density at radius 3 is 2.64 bits per heavy atom. The van der Waals surface area contributed by atoms with Gasteiger partial charge in [0.25, 0.3) is 0 Å². The van der Waals surface area contributed by atoms with E-state index in [0.29, 0.717) is 0 Å². The zero-order valence-electron chi connectivity index (χ0n) is 8.53. The first-order chi connectivity index (χ1) is 6.65. The fourth-order valence-corrected chi connectivity index (χ4v) is 2.09. The average molecular weight is 277 g/mol. The standard InChI is InChI=1S/C11H15BrClN/c1-8-6-9(2)11(10(13)7-8)14-5-3-4-12/h6-7,14H,3-5H2,1-2H3. The van der Waals surface area contributed by atoms with Crippen LogP contribution in [0, 0.1) is 13.8 Å². The fourth-order valence-electron chi connectivity index (χ4n) is 1.42. The van der Waals surface area contributed by atoms with E-state index >= 15 is 0 Å². The molecule has 0 bridgehead atoms. The Hall–Kier alpha value is -0.210. The molecule has 1 aromatic carbocycles. The molecule has 1 rings (SSSR count). The zero-order chi connectivity index (χ0) is 10.6. The summed E-state index contributed by atoms with van der Waals surface area (Å²) >= 11 is 9.54. The van der Waals surface area contributed by atoms with E-state index in [1.165, 1.54) is 11.1 Å². The van der Waals surface area contributed by atoms with Crippen molar-refractivity contribution < 1.29 is 0 Å². The first-order valence-electron chi connectivity index (χ1n) is 4.71. The van der Waals surface area contributed by atoms with E-state index in [-0.39, 0.29) is 0 Å². The number of halogens is 2. The van der Waals surface area contributed by atoms with Crippen molar-refractivity contribution in [1.29, 1.82) is 0 Å². The van der Waals surface area contributed by atoms with Gasteiger partial charge >= 0.3 is 0 Å². The molecule has 78 valence electrons. The number of hydrogen-bond acceptors (Lipinski definition) is 1. The van der Waals surface area contributed by atoms with Crippen LogP contribution in [0.15, 0.2) is 12.1 Å². The summed E-state index contributed by atoms with van der Waals surface area (Å²) < 4.78 is 0. The smallest absolute Gasteiger partial charge is 0.0642 e. The van der Waals surface area contributed by atoms with Crippen LogP contribution in [0.5, 0.6) is 0 Å². The summed E-state index contributed by atoms with van der Waals surface area (Å²) in [6.07, 6.45) is 1.10. The maximum atomic E-state index is 6.14. The quantitative estimate of drug-likeness (QED) is 0.643. The normalized spacial score (nSPS) is 10.3. The number of anilines is 1. The topological polar surface area (TPSA) is 12.0 Å². The van der Waals surface area contributed by atoms with Crippen LogP contribution < -0.4 is 5.32 Å². The minimum atomic E-state index is 0.817. The molecule has 3 heteroatoms. The molecule has 0 spiro atoms. The molecular formula is C11H15BrClN. The van der Waals surface area contributed by atoms with E-state index in [2.05, 4.69) is 41.2 Å². The van der Waals surface area contributed by atoms with Gasteiger partial charge in [0.1, 0.15) is 0 Å². The van der Waals surface area contributed by atoms with Crippen LogP contribution in [0.25, 0.3) is 0 Å². The summed E-state index contributed by atoms with van der Waals surface area (Å²) in [4.78, 5) is 0. The van der Waals surface area contributed by atoms with Gasteiger partial charge in [0, 0.05) is 11.9 Å². The third-order valence-corrected chi connectivity index (χ3v) is 2.90. The third-order valence-electron chi connectivity index (χ3n) is 2.04. The number of nitrogens with one attached hydrogen (secondary N) is 1. The molecular weight excluding hydrogens is 261 g/mol. The van der Waals surface area contributed by atoms with Crippen LogP contribution >= 0.6 is 27.5 Å².